The number of para-hydroxylation sites is 1. The van der Waals surface area contributed by atoms with Crippen LogP contribution in [0.4, 0.5) is 0 Å². The predicted molar refractivity (Wildman–Crippen MR) is 112 cm³/mol. The van der Waals surface area contributed by atoms with Gasteiger partial charge in [0.15, 0.2) is 28.3 Å². The number of fused-ring (bicyclic) bond motifs is 1. The molecule has 5 rings (SSSR count). The third kappa shape index (κ3) is 3.53. The van der Waals surface area contributed by atoms with Gasteiger partial charge in [-0.25, -0.2) is 0 Å². The number of pyridine rings is 1. The molecule has 30 heavy (non-hydrogen) atoms. The van der Waals surface area contributed by atoms with E-state index in [1.165, 1.54) is 11.8 Å². The quantitative estimate of drug-likeness (QED) is 0.347. The molecule has 7 nitrogen and oxygen atoms in total. The van der Waals surface area contributed by atoms with Crippen LogP contribution in [0.5, 0.6) is 11.5 Å². The van der Waals surface area contributed by atoms with Crippen molar-refractivity contribution < 1.29 is 14.3 Å². The van der Waals surface area contributed by atoms with Gasteiger partial charge >= 0.3 is 0 Å². The Balaban J connectivity index is 1.43. The molecule has 0 amide bonds. The van der Waals surface area contributed by atoms with Crippen LogP contribution in [-0.4, -0.2) is 38.1 Å². The van der Waals surface area contributed by atoms with Gasteiger partial charge in [-0.1, -0.05) is 30.0 Å². The van der Waals surface area contributed by atoms with Gasteiger partial charge in [-0.15, -0.1) is 10.2 Å². The Morgan fingerprint density at radius 2 is 1.87 bits per heavy atom. The summed E-state index contributed by atoms with van der Waals surface area (Å²) in [5, 5.41) is 9.34. The highest BCUT2D eigenvalue weighted by atomic mass is 32.2. The summed E-state index contributed by atoms with van der Waals surface area (Å²) in [5.41, 5.74) is 2.34. The smallest absolute Gasteiger partial charge is 0.231 e. The summed E-state index contributed by atoms with van der Waals surface area (Å²) in [6.07, 6.45) is 3.46. The fourth-order valence-electron chi connectivity index (χ4n) is 3.14. The van der Waals surface area contributed by atoms with Gasteiger partial charge in [0.25, 0.3) is 0 Å². The highest BCUT2D eigenvalue weighted by Crippen LogP contribution is 2.33. The number of carbonyl (C=O) groups excluding carboxylic acids is 1. The Morgan fingerprint density at radius 3 is 2.70 bits per heavy atom. The van der Waals surface area contributed by atoms with Crippen molar-refractivity contribution in [3.8, 4) is 28.6 Å². The van der Waals surface area contributed by atoms with Gasteiger partial charge in [0.1, 0.15) is 0 Å². The number of ketones is 1. The van der Waals surface area contributed by atoms with Gasteiger partial charge in [-0.2, -0.15) is 0 Å². The van der Waals surface area contributed by atoms with Crippen molar-refractivity contribution in [1.82, 2.24) is 19.7 Å². The van der Waals surface area contributed by atoms with Crippen molar-refractivity contribution in [2.75, 3.05) is 12.5 Å². The third-order valence-electron chi connectivity index (χ3n) is 4.59. The summed E-state index contributed by atoms with van der Waals surface area (Å²) in [4.78, 5) is 16.9. The first-order valence-electron chi connectivity index (χ1n) is 9.26. The highest BCUT2D eigenvalue weighted by Gasteiger charge is 2.19. The second-order valence-corrected chi connectivity index (χ2v) is 7.44. The molecule has 0 spiro atoms. The lowest BCUT2D eigenvalue weighted by Gasteiger charge is -2.10. The molecule has 0 atom stereocenters. The number of benzene rings is 2. The van der Waals surface area contributed by atoms with Crippen LogP contribution in [0.3, 0.4) is 0 Å². The van der Waals surface area contributed by atoms with Gasteiger partial charge < -0.3 is 9.47 Å². The number of carbonyl (C=O) groups is 1. The molecule has 0 fully saturated rings. The summed E-state index contributed by atoms with van der Waals surface area (Å²) in [6.45, 7) is 0.180. The Morgan fingerprint density at radius 1 is 1.00 bits per heavy atom. The monoisotopic (exact) mass is 416 g/mol. The first-order chi connectivity index (χ1) is 14.8. The number of hydrogen-bond acceptors (Lipinski definition) is 7. The van der Waals surface area contributed by atoms with Crippen LogP contribution in [0.2, 0.25) is 0 Å². The van der Waals surface area contributed by atoms with Crippen LogP contribution >= 0.6 is 11.8 Å². The fraction of sp³-hybridized carbons (Fsp3) is 0.0909. The largest absolute Gasteiger partial charge is 0.454 e. The number of thioether (sulfide) groups is 1. The predicted octanol–water partition coefficient (Wildman–Crippen LogP) is 4.03. The number of Topliss-reactive ketones (excluding diaryl/α,β-unsaturated/α-hetero) is 1. The molecule has 0 N–H and O–H groups in total. The van der Waals surface area contributed by atoms with Crippen LogP contribution in [0.1, 0.15) is 10.4 Å². The van der Waals surface area contributed by atoms with Crippen molar-refractivity contribution in [1.29, 1.82) is 0 Å². The summed E-state index contributed by atoms with van der Waals surface area (Å²) >= 11 is 1.34. The molecular weight excluding hydrogens is 400 g/mol. The van der Waals surface area contributed by atoms with Gasteiger partial charge in [0, 0.05) is 29.2 Å². The maximum atomic E-state index is 12.8. The zero-order valence-electron chi connectivity index (χ0n) is 15.8. The first kappa shape index (κ1) is 18.4. The minimum Gasteiger partial charge on any atom is -0.454 e. The molecule has 0 aliphatic carbocycles. The lowest BCUT2D eigenvalue weighted by Crippen LogP contribution is -2.05. The number of ether oxygens (including phenoxy) is 2. The lowest BCUT2D eigenvalue weighted by molar-refractivity contribution is 0.102. The summed E-state index contributed by atoms with van der Waals surface area (Å²) in [5.74, 6) is 2.12. The van der Waals surface area contributed by atoms with Crippen LogP contribution in [-0.2, 0) is 0 Å². The van der Waals surface area contributed by atoms with Crippen molar-refractivity contribution in [3.05, 3.63) is 78.6 Å². The average molecular weight is 416 g/mol. The van der Waals surface area contributed by atoms with E-state index in [2.05, 4.69) is 15.2 Å². The van der Waals surface area contributed by atoms with E-state index in [4.69, 9.17) is 9.47 Å². The molecule has 0 saturated carbocycles. The number of rotatable bonds is 6. The summed E-state index contributed by atoms with van der Waals surface area (Å²) in [7, 11) is 0. The van der Waals surface area contributed by atoms with E-state index in [1.807, 2.05) is 47.0 Å². The molecule has 4 aromatic rings. The minimum absolute atomic E-state index is 0.0242. The van der Waals surface area contributed by atoms with Crippen molar-refractivity contribution in [2.45, 2.75) is 5.16 Å². The second kappa shape index (κ2) is 8.00. The van der Waals surface area contributed by atoms with Crippen LogP contribution in [0.25, 0.3) is 17.1 Å². The molecular formula is C22H16N4O3S. The molecule has 2 aromatic heterocycles. The SMILES string of the molecule is O=C(CSc1nnc(-c2cccnc2)n1-c1ccccc1)c1ccc2c(c1)OCO2. The van der Waals surface area contributed by atoms with Crippen LogP contribution in [0, 0.1) is 0 Å². The summed E-state index contributed by atoms with van der Waals surface area (Å²) in [6, 6.07) is 18.8. The molecule has 148 valence electrons. The number of nitrogens with zero attached hydrogens (tertiary/aromatic N) is 4. The average Bonchev–Trinajstić information content (AvgIpc) is 3.45. The molecule has 1 aliphatic rings. The minimum atomic E-state index is -0.0242. The standard InChI is InChI=1S/C22H16N4O3S/c27-18(15-8-9-19-20(11-15)29-14-28-19)13-30-22-25-24-21(16-5-4-10-23-12-16)26(22)17-6-2-1-3-7-17/h1-12H,13-14H2. The normalized spacial score (nSPS) is 12.1. The third-order valence-corrected chi connectivity index (χ3v) is 5.52. The van der Waals surface area contributed by atoms with Gasteiger partial charge in [-0.05, 0) is 42.5 Å². The Kier molecular flexibility index (Phi) is 4.90. The molecule has 3 heterocycles. The molecule has 0 saturated heterocycles. The maximum absolute atomic E-state index is 12.8. The molecule has 0 bridgehead atoms. The van der Waals surface area contributed by atoms with E-state index in [-0.39, 0.29) is 18.3 Å². The Hall–Kier alpha value is -3.65. The van der Waals surface area contributed by atoms with Gasteiger partial charge in [0.2, 0.25) is 6.79 Å². The van der Waals surface area contributed by atoms with Gasteiger partial charge in [-0.3, -0.25) is 14.3 Å². The van der Waals surface area contributed by atoms with E-state index in [0.29, 0.717) is 28.0 Å². The molecule has 1 aliphatic heterocycles. The lowest BCUT2D eigenvalue weighted by atomic mass is 10.1. The maximum Gasteiger partial charge on any atom is 0.231 e. The van der Waals surface area contributed by atoms with Crippen LogP contribution in [0.15, 0.2) is 78.2 Å². The first-order valence-corrected chi connectivity index (χ1v) is 10.2. The molecule has 8 heteroatoms. The van der Waals surface area contributed by atoms with E-state index < -0.39 is 0 Å². The Labute approximate surface area is 176 Å². The van der Waals surface area contributed by atoms with Crippen molar-refractivity contribution in [2.24, 2.45) is 0 Å². The van der Waals surface area contributed by atoms with E-state index >= 15 is 0 Å². The number of aromatic nitrogens is 4. The molecule has 2 aromatic carbocycles. The highest BCUT2D eigenvalue weighted by molar-refractivity contribution is 7.99. The van der Waals surface area contributed by atoms with Crippen molar-refractivity contribution >= 4 is 17.5 Å². The second-order valence-electron chi connectivity index (χ2n) is 6.50. The zero-order chi connectivity index (χ0) is 20.3. The Bertz CT molecular complexity index is 1200. The van der Waals surface area contributed by atoms with E-state index in [1.54, 1.807) is 30.6 Å². The van der Waals surface area contributed by atoms with Crippen LogP contribution < -0.4 is 9.47 Å². The van der Waals surface area contributed by atoms with E-state index in [9.17, 15) is 4.79 Å². The topological polar surface area (TPSA) is 79.1 Å². The molecule has 0 unspecified atom stereocenters. The number of hydrogen-bond donors (Lipinski definition) is 0. The zero-order valence-corrected chi connectivity index (χ0v) is 16.6. The van der Waals surface area contributed by atoms with Gasteiger partial charge in [0.05, 0.1) is 5.75 Å². The molecule has 0 radical (unpaired) electrons. The fourth-order valence-corrected chi connectivity index (χ4v) is 3.99. The summed E-state index contributed by atoms with van der Waals surface area (Å²) < 4.78 is 12.6. The van der Waals surface area contributed by atoms with E-state index in [0.717, 1.165) is 11.3 Å². The van der Waals surface area contributed by atoms with Crippen molar-refractivity contribution in [3.63, 3.8) is 0 Å².